The highest BCUT2D eigenvalue weighted by atomic mass is 16.6. The third kappa shape index (κ3) is 5.93. The van der Waals surface area contributed by atoms with E-state index in [1.54, 1.807) is 0 Å². The molecule has 124 valence electrons. The Bertz CT molecular complexity index is 536. The average molecular weight is 313 g/mol. The summed E-state index contributed by atoms with van der Waals surface area (Å²) in [5, 5.41) is 2.81. The normalized spacial score (nSPS) is 19.5. The van der Waals surface area contributed by atoms with Crippen LogP contribution in [0.15, 0.2) is 54.6 Å². The van der Waals surface area contributed by atoms with Gasteiger partial charge in [0.2, 0.25) is 0 Å². The van der Waals surface area contributed by atoms with Crippen molar-refractivity contribution in [2.45, 2.75) is 57.5 Å². The molecule has 1 aliphatic carbocycles. The van der Waals surface area contributed by atoms with E-state index in [1.165, 1.54) is 25.7 Å². The van der Waals surface area contributed by atoms with Crippen LogP contribution in [0.3, 0.4) is 0 Å². The Balaban J connectivity index is 1.88. The minimum absolute atomic E-state index is 0.385. The van der Waals surface area contributed by atoms with Gasteiger partial charge in [0.15, 0.2) is 0 Å². The van der Waals surface area contributed by atoms with Gasteiger partial charge in [-0.25, -0.2) is 4.79 Å². The summed E-state index contributed by atoms with van der Waals surface area (Å²) in [4.78, 5) is 12.2. The zero-order chi connectivity index (χ0) is 16.4. The Morgan fingerprint density at radius 3 is 2.61 bits per heavy atom. The van der Waals surface area contributed by atoms with E-state index in [2.05, 4.69) is 18.3 Å². The maximum Gasteiger partial charge on any atom is 0.412 e. The lowest BCUT2D eigenvalue weighted by Crippen LogP contribution is -2.35. The molecule has 0 aliphatic heterocycles. The van der Waals surface area contributed by atoms with Gasteiger partial charge in [0.25, 0.3) is 0 Å². The van der Waals surface area contributed by atoms with E-state index in [0.717, 1.165) is 24.9 Å². The second-order valence-corrected chi connectivity index (χ2v) is 6.10. The van der Waals surface area contributed by atoms with Crippen LogP contribution >= 0.6 is 0 Å². The van der Waals surface area contributed by atoms with Gasteiger partial charge in [0.05, 0.1) is 0 Å². The standard InChI is InChI=1S/C20H27NO2/c1-2-3-4-5-10-15-20(16-11-7-12-17-20)23-19(22)21-18-13-8-6-9-14-18/h6-9,11-14,16H,2-5,10,15,17H2,1H3,(H,21,22). The molecule has 3 heteroatoms. The maximum atomic E-state index is 12.2. The third-order valence-electron chi connectivity index (χ3n) is 4.13. The first-order chi connectivity index (χ1) is 11.2. The second-order valence-electron chi connectivity index (χ2n) is 6.10. The summed E-state index contributed by atoms with van der Waals surface area (Å²) in [6, 6.07) is 9.41. The molecule has 1 aromatic rings. The zero-order valence-electron chi connectivity index (χ0n) is 14.0. The predicted molar refractivity (Wildman–Crippen MR) is 95.5 cm³/mol. The summed E-state index contributed by atoms with van der Waals surface area (Å²) < 4.78 is 5.80. The first-order valence-electron chi connectivity index (χ1n) is 8.63. The van der Waals surface area contributed by atoms with Crippen molar-refractivity contribution in [3.8, 4) is 0 Å². The highest BCUT2D eigenvalue weighted by Gasteiger charge is 2.31. The molecule has 0 spiro atoms. The number of allylic oxidation sites excluding steroid dienone is 2. The van der Waals surface area contributed by atoms with E-state index < -0.39 is 5.60 Å². The van der Waals surface area contributed by atoms with Gasteiger partial charge in [0.1, 0.15) is 5.60 Å². The van der Waals surface area contributed by atoms with Gasteiger partial charge in [-0.1, -0.05) is 69.0 Å². The lowest BCUT2D eigenvalue weighted by molar-refractivity contribution is 0.0497. The van der Waals surface area contributed by atoms with Gasteiger partial charge in [-0.2, -0.15) is 0 Å². The Labute approximate surface area is 139 Å². The van der Waals surface area contributed by atoms with Crippen molar-refractivity contribution in [1.82, 2.24) is 0 Å². The molecule has 0 saturated heterocycles. The van der Waals surface area contributed by atoms with Crippen LogP contribution in [0.5, 0.6) is 0 Å². The Morgan fingerprint density at radius 1 is 1.13 bits per heavy atom. The topological polar surface area (TPSA) is 38.3 Å². The highest BCUT2D eigenvalue weighted by molar-refractivity contribution is 5.84. The van der Waals surface area contributed by atoms with Gasteiger partial charge in [-0.3, -0.25) is 5.32 Å². The van der Waals surface area contributed by atoms with Gasteiger partial charge in [-0.15, -0.1) is 0 Å². The summed E-state index contributed by atoms with van der Waals surface area (Å²) in [7, 11) is 0. The largest absolute Gasteiger partial charge is 0.438 e. The van der Waals surface area contributed by atoms with Crippen LogP contribution in [0.25, 0.3) is 0 Å². The number of carbonyl (C=O) groups excluding carboxylic acids is 1. The fourth-order valence-corrected chi connectivity index (χ4v) is 2.83. The highest BCUT2D eigenvalue weighted by Crippen LogP contribution is 2.29. The van der Waals surface area contributed by atoms with Crippen LogP contribution in [-0.4, -0.2) is 11.7 Å². The molecular weight excluding hydrogens is 286 g/mol. The molecule has 1 aliphatic rings. The van der Waals surface area contributed by atoms with E-state index in [1.807, 2.05) is 48.6 Å². The van der Waals surface area contributed by atoms with Crippen molar-refractivity contribution in [3.05, 3.63) is 54.6 Å². The minimum atomic E-state index is -0.500. The van der Waals surface area contributed by atoms with Crippen molar-refractivity contribution in [2.75, 3.05) is 5.32 Å². The molecule has 1 atom stereocenters. The molecule has 0 heterocycles. The zero-order valence-corrected chi connectivity index (χ0v) is 14.0. The van der Waals surface area contributed by atoms with E-state index in [4.69, 9.17) is 4.74 Å². The molecule has 0 fully saturated rings. The molecule has 1 N–H and O–H groups in total. The molecule has 1 amide bonds. The number of nitrogens with one attached hydrogen (secondary N) is 1. The van der Waals surface area contributed by atoms with Gasteiger partial charge in [0, 0.05) is 12.1 Å². The van der Waals surface area contributed by atoms with Crippen molar-refractivity contribution >= 4 is 11.8 Å². The summed E-state index contributed by atoms with van der Waals surface area (Å²) >= 11 is 0. The maximum absolute atomic E-state index is 12.2. The van der Waals surface area contributed by atoms with E-state index in [0.29, 0.717) is 0 Å². The SMILES string of the molecule is CCCCCCCC1(OC(=O)Nc2ccccc2)C=CC=CC1. The number of anilines is 1. The smallest absolute Gasteiger partial charge is 0.412 e. The molecule has 0 bridgehead atoms. The van der Waals surface area contributed by atoms with Gasteiger partial charge < -0.3 is 4.74 Å². The molecular formula is C20H27NO2. The van der Waals surface area contributed by atoms with Crippen LogP contribution in [-0.2, 0) is 4.74 Å². The predicted octanol–water partition coefficient (Wildman–Crippen LogP) is 5.85. The van der Waals surface area contributed by atoms with E-state index in [-0.39, 0.29) is 6.09 Å². The molecule has 1 unspecified atom stereocenters. The number of ether oxygens (including phenoxy) is 1. The van der Waals surface area contributed by atoms with Gasteiger partial charge >= 0.3 is 6.09 Å². The quantitative estimate of drug-likeness (QED) is 0.611. The molecule has 0 aromatic heterocycles. The number of rotatable bonds is 8. The molecule has 0 saturated carbocycles. The number of benzene rings is 1. The Kier molecular flexibility index (Phi) is 6.92. The van der Waals surface area contributed by atoms with Crippen LogP contribution in [0.4, 0.5) is 10.5 Å². The molecule has 0 radical (unpaired) electrons. The Morgan fingerprint density at radius 2 is 1.91 bits per heavy atom. The lowest BCUT2D eigenvalue weighted by Gasteiger charge is -2.31. The number of hydrogen-bond donors (Lipinski definition) is 1. The Hall–Kier alpha value is -2.03. The van der Waals surface area contributed by atoms with Crippen molar-refractivity contribution in [2.24, 2.45) is 0 Å². The lowest BCUT2D eigenvalue weighted by atomic mass is 9.89. The van der Waals surface area contributed by atoms with Crippen molar-refractivity contribution < 1.29 is 9.53 Å². The summed E-state index contributed by atoms with van der Waals surface area (Å²) in [5.74, 6) is 0. The first kappa shape index (κ1) is 17.3. The summed E-state index contributed by atoms with van der Waals surface area (Å²) in [5.41, 5.74) is 0.255. The number of para-hydroxylation sites is 1. The second kappa shape index (κ2) is 9.19. The molecule has 23 heavy (non-hydrogen) atoms. The summed E-state index contributed by atoms with van der Waals surface area (Å²) in [6.45, 7) is 2.22. The van der Waals surface area contributed by atoms with Crippen molar-refractivity contribution in [3.63, 3.8) is 0 Å². The van der Waals surface area contributed by atoms with Crippen LogP contribution in [0, 0.1) is 0 Å². The van der Waals surface area contributed by atoms with E-state index >= 15 is 0 Å². The molecule has 2 rings (SSSR count). The van der Waals surface area contributed by atoms with Crippen molar-refractivity contribution in [1.29, 1.82) is 0 Å². The number of amides is 1. The fourth-order valence-electron chi connectivity index (χ4n) is 2.83. The van der Waals surface area contributed by atoms with Crippen LogP contribution in [0.1, 0.15) is 51.9 Å². The summed E-state index contributed by atoms with van der Waals surface area (Å²) in [6.07, 6.45) is 15.4. The van der Waals surface area contributed by atoms with Gasteiger partial charge in [-0.05, 0) is 31.1 Å². The van der Waals surface area contributed by atoms with E-state index in [9.17, 15) is 4.79 Å². The third-order valence-corrected chi connectivity index (χ3v) is 4.13. The fraction of sp³-hybridized carbons (Fsp3) is 0.450. The first-order valence-corrected chi connectivity index (χ1v) is 8.63. The molecule has 1 aromatic carbocycles. The molecule has 3 nitrogen and oxygen atoms in total. The minimum Gasteiger partial charge on any atom is -0.438 e. The number of carbonyl (C=O) groups is 1. The monoisotopic (exact) mass is 313 g/mol. The van der Waals surface area contributed by atoms with Crippen LogP contribution in [0.2, 0.25) is 0 Å². The van der Waals surface area contributed by atoms with Crippen LogP contribution < -0.4 is 5.32 Å². The number of unbranched alkanes of at least 4 members (excludes halogenated alkanes) is 4. The number of hydrogen-bond acceptors (Lipinski definition) is 2. The average Bonchev–Trinajstić information content (AvgIpc) is 2.56.